The van der Waals surface area contributed by atoms with Crippen molar-refractivity contribution in [2.45, 2.75) is 20.0 Å². The van der Waals surface area contributed by atoms with Gasteiger partial charge in [0.15, 0.2) is 0 Å². The predicted molar refractivity (Wildman–Crippen MR) is 61.0 cm³/mol. The topological polar surface area (TPSA) is 60.2 Å². The Morgan fingerprint density at radius 3 is 2.75 bits per heavy atom. The van der Waals surface area contributed by atoms with Gasteiger partial charge in [-0.15, -0.1) is 0 Å². The zero-order chi connectivity index (χ0) is 11.8. The van der Waals surface area contributed by atoms with Gasteiger partial charge in [0.1, 0.15) is 11.8 Å². The number of nitriles is 1. The van der Waals surface area contributed by atoms with Gasteiger partial charge in [-0.05, 0) is 12.1 Å². The highest BCUT2D eigenvalue weighted by Gasteiger charge is 2.38. The molecule has 2 heterocycles. The molecule has 0 saturated carbocycles. The molecule has 0 aromatic carbocycles. The van der Waals surface area contributed by atoms with Crippen LogP contribution in [0.3, 0.4) is 0 Å². The van der Waals surface area contributed by atoms with Gasteiger partial charge in [-0.1, -0.05) is 13.8 Å². The van der Waals surface area contributed by atoms with Crippen molar-refractivity contribution >= 4 is 5.69 Å². The summed E-state index contributed by atoms with van der Waals surface area (Å²) in [5.41, 5.74) is 1.29. The average Bonchev–Trinajstić information content (AvgIpc) is 2.54. The number of β-amino-alcohol motifs (C(OH)–C–C–N with tert-alkyl or cyclic N) is 1. The Morgan fingerprint density at radius 2 is 2.31 bits per heavy atom. The Labute approximate surface area is 95.1 Å². The van der Waals surface area contributed by atoms with Crippen LogP contribution in [0.25, 0.3) is 0 Å². The summed E-state index contributed by atoms with van der Waals surface area (Å²) < 4.78 is 0. The van der Waals surface area contributed by atoms with Crippen LogP contribution in [0.2, 0.25) is 0 Å². The molecule has 0 unspecified atom stereocenters. The van der Waals surface area contributed by atoms with E-state index in [1.807, 2.05) is 12.1 Å². The first-order valence-electron chi connectivity index (χ1n) is 5.32. The normalized spacial score (nSPS) is 23.1. The van der Waals surface area contributed by atoms with E-state index in [-0.39, 0.29) is 11.5 Å². The summed E-state index contributed by atoms with van der Waals surface area (Å²) in [7, 11) is 0. The van der Waals surface area contributed by atoms with Crippen LogP contribution in [-0.4, -0.2) is 29.3 Å². The molecule has 0 aliphatic carbocycles. The van der Waals surface area contributed by atoms with Gasteiger partial charge < -0.3 is 10.0 Å². The molecular weight excluding hydrogens is 202 g/mol. The molecule has 1 saturated heterocycles. The Bertz CT molecular complexity index is 419. The van der Waals surface area contributed by atoms with Gasteiger partial charge in [-0.3, -0.25) is 0 Å². The lowest BCUT2D eigenvalue weighted by Gasteiger charge is -2.21. The number of anilines is 1. The number of pyridine rings is 1. The van der Waals surface area contributed by atoms with Crippen molar-refractivity contribution in [2.75, 3.05) is 18.0 Å². The molecular formula is C12H15N3O. The smallest absolute Gasteiger partial charge is 0.140 e. The first-order chi connectivity index (χ1) is 7.53. The van der Waals surface area contributed by atoms with Crippen molar-refractivity contribution in [1.29, 1.82) is 5.26 Å². The van der Waals surface area contributed by atoms with Crippen LogP contribution in [0.5, 0.6) is 0 Å². The highest BCUT2D eigenvalue weighted by atomic mass is 16.3. The fourth-order valence-corrected chi connectivity index (χ4v) is 1.95. The molecule has 1 aliphatic rings. The average molecular weight is 217 g/mol. The molecule has 0 radical (unpaired) electrons. The second kappa shape index (κ2) is 3.76. The minimum Gasteiger partial charge on any atom is -0.391 e. The summed E-state index contributed by atoms with van der Waals surface area (Å²) in [6, 6.07) is 5.57. The molecule has 16 heavy (non-hydrogen) atoms. The summed E-state index contributed by atoms with van der Waals surface area (Å²) in [4.78, 5) is 6.13. The molecule has 4 heteroatoms. The highest BCUT2D eigenvalue weighted by Crippen LogP contribution is 2.32. The van der Waals surface area contributed by atoms with Gasteiger partial charge in [0.25, 0.3) is 0 Å². The molecule has 4 nitrogen and oxygen atoms in total. The minimum atomic E-state index is -0.317. The molecule has 1 atom stereocenters. The van der Waals surface area contributed by atoms with Crippen LogP contribution < -0.4 is 4.90 Å². The lowest BCUT2D eigenvalue weighted by atomic mass is 9.90. The Hall–Kier alpha value is -1.60. The van der Waals surface area contributed by atoms with Gasteiger partial charge in [-0.2, -0.15) is 5.26 Å². The summed E-state index contributed by atoms with van der Waals surface area (Å²) in [6.07, 6.45) is 1.37. The number of hydrogen-bond donors (Lipinski definition) is 1. The highest BCUT2D eigenvalue weighted by molar-refractivity contribution is 5.47. The first kappa shape index (κ1) is 10.9. The standard InChI is InChI=1S/C12H15N3O/c1-12(2)8-15(7-11(12)16)10-4-3-9(5-13)14-6-10/h3-4,6,11,16H,7-8H2,1-2H3/t11-/m0/s1. The molecule has 0 bridgehead atoms. The second-order valence-corrected chi connectivity index (χ2v) is 4.90. The number of aliphatic hydroxyl groups is 1. The summed E-state index contributed by atoms with van der Waals surface area (Å²) in [6.45, 7) is 5.53. The van der Waals surface area contributed by atoms with Gasteiger partial charge in [-0.25, -0.2) is 4.98 Å². The third-order valence-corrected chi connectivity index (χ3v) is 3.12. The largest absolute Gasteiger partial charge is 0.391 e. The summed E-state index contributed by atoms with van der Waals surface area (Å²) in [5.74, 6) is 0. The quantitative estimate of drug-likeness (QED) is 0.766. The third-order valence-electron chi connectivity index (χ3n) is 3.12. The van der Waals surface area contributed by atoms with Crippen LogP contribution in [0.15, 0.2) is 18.3 Å². The lowest BCUT2D eigenvalue weighted by Crippen LogP contribution is -2.26. The van der Waals surface area contributed by atoms with Crippen LogP contribution in [0.4, 0.5) is 5.69 Å². The maximum Gasteiger partial charge on any atom is 0.140 e. The van der Waals surface area contributed by atoms with Crippen molar-refractivity contribution in [2.24, 2.45) is 5.41 Å². The molecule has 1 N–H and O–H groups in total. The van der Waals surface area contributed by atoms with E-state index >= 15 is 0 Å². The zero-order valence-electron chi connectivity index (χ0n) is 9.51. The number of aromatic nitrogens is 1. The van der Waals surface area contributed by atoms with E-state index in [1.54, 1.807) is 12.3 Å². The lowest BCUT2D eigenvalue weighted by molar-refractivity contribution is 0.0964. The Kier molecular flexibility index (Phi) is 2.56. The molecule has 1 aliphatic heterocycles. The maximum atomic E-state index is 9.88. The van der Waals surface area contributed by atoms with Crippen LogP contribution in [-0.2, 0) is 0 Å². The number of rotatable bonds is 1. The van der Waals surface area contributed by atoms with Crippen molar-refractivity contribution in [3.63, 3.8) is 0 Å². The fourth-order valence-electron chi connectivity index (χ4n) is 1.95. The van der Waals surface area contributed by atoms with Crippen LogP contribution >= 0.6 is 0 Å². The molecule has 1 aromatic heterocycles. The second-order valence-electron chi connectivity index (χ2n) is 4.90. The number of nitrogens with zero attached hydrogens (tertiary/aromatic N) is 3. The van der Waals surface area contributed by atoms with Crippen LogP contribution in [0, 0.1) is 16.7 Å². The van der Waals surface area contributed by atoms with E-state index in [1.165, 1.54) is 0 Å². The van der Waals surface area contributed by atoms with E-state index in [0.717, 1.165) is 12.2 Å². The maximum absolute atomic E-state index is 9.88. The SMILES string of the molecule is CC1(C)CN(c2ccc(C#N)nc2)C[C@@H]1O. The van der Waals surface area contributed by atoms with Crippen molar-refractivity contribution < 1.29 is 5.11 Å². The van der Waals surface area contributed by atoms with Crippen molar-refractivity contribution in [3.8, 4) is 6.07 Å². The molecule has 0 spiro atoms. The molecule has 1 aromatic rings. The predicted octanol–water partition coefficient (Wildman–Crippen LogP) is 1.16. The fraction of sp³-hybridized carbons (Fsp3) is 0.500. The monoisotopic (exact) mass is 217 g/mol. The van der Waals surface area contributed by atoms with Gasteiger partial charge in [0.2, 0.25) is 0 Å². The third kappa shape index (κ3) is 1.86. The van der Waals surface area contributed by atoms with E-state index < -0.39 is 0 Å². The van der Waals surface area contributed by atoms with Crippen molar-refractivity contribution in [1.82, 2.24) is 4.98 Å². The van der Waals surface area contributed by atoms with Gasteiger partial charge in [0.05, 0.1) is 18.0 Å². The van der Waals surface area contributed by atoms with E-state index in [2.05, 4.69) is 23.7 Å². The zero-order valence-corrected chi connectivity index (χ0v) is 9.51. The summed E-state index contributed by atoms with van der Waals surface area (Å²) >= 11 is 0. The first-order valence-corrected chi connectivity index (χ1v) is 5.32. The molecule has 2 rings (SSSR count). The van der Waals surface area contributed by atoms with E-state index in [0.29, 0.717) is 12.2 Å². The Balaban J connectivity index is 2.18. The number of hydrogen-bond acceptors (Lipinski definition) is 4. The van der Waals surface area contributed by atoms with E-state index in [9.17, 15) is 5.11 Å². The van der Waals surface area contributed by atoms with Gasteiger partial charge >= 0.3 is 0 Å². The number of aliphatic hydroxyl groups excluding tert-OH is 1. The van der Waals surface area contributed by atoms with Crippen LogP contribution in [0.1, 0.15) is 19.5 Å². The molecule has 1 fully saturated rings. The van der Waals surface area contributed by atoms with Crippen molar-refractivity contribution in [3.05, 3.63) is 24.0 Å². The molecule has 0 amide bonds. The van der Waals surface area contributed by atoms with E-state index in [4.69, 9.17) is 5.26 Å². The molecule has 84 valence electrons. The minimum absolute atomic E-state index is 0.0894. The van der Waals surface area contributed by atoms with Gasteiger partial charge in [0, 0.05) is 18.5 Å². The Morgan fingerprint density at radius 1 is 1.56 bits per heavy atom. The summed E-state index contributed by atoms with van der Waals surface area (Å²) in [5, 5.41) is 18.5.